The average molecular weight is 204 g/mol. The average Bonchev–Trinajstić information content (AvgIpc) is 2.67. The van der Waals surface area contributed by atoms with E-state index in [9.17, 15) is 4.79 Å². The third kappa shape index (κ3) is 4.51. The first-order chi connectivity index (χ1) is 5.88. The largest absolute Gasteiger partial charge is 0.352 e. The molecule has 2 nitrogen and oxygen atoms in total. The van der Waals surface area contributed by atoms with Crippen molar-refractivity contribution in [2.45, 2.75) is 51.5 Å². The van der Waals surface area contributed by atoms with Gasteiger partial charge in [-0.1, -0.05) is 20.8 Å². The second-order valence-corrected chi connectivity index (χ2v) is 5.54. The molecule has 0 bridgehead atoms. The summed E-state index contributed by atoms with van der Waals surface area (Å²) in [6, 6.07) is 0.411. The number of nitrogens with one attached hydrogen (secondary N) is 1. The summed E-state index contributed by atoms with van der Waals surface area (Å²) in [7, 11) is 0. The molecule has 1 atom stereocenters. The highest BCUT2D eigenvalue weighted by atomic mass is 35.5. The zero-order valence-corrected chi connectivity index (χ0v) is 9.32. The lowest BCUT2D eigenvalue weighted by atomic mass is 9.90. The Kier molecular flexibility index (Phi) is 3.23. The first-order valence-electron chi connectivity index (χ1n) is 4.83. The smallest absolute Gasteiger partial charge is 0.238 e. The minimum absolute atomic E-state index is 0.000841. The maximum absolute atomic E-state index is 11.4. The summed E-state index contributed by atoms with van der Waals surface area (Å²) in [4.78, 5) is 11.4. The maximum Gasteiger partial charge on any atom is 0.238 e. The van der Waals surface area contributed by atoms with E-state index in [1.54, 1.807) is 0 Å². The van der Waals surface area contributed by atoms with Crippen molar-refractivity contribution < 1.29 is 4.79 Å². The van der Waals surface area contributed by atoms with Crippen LogP contribution >= 0.6 is 11.6 Å². The van der Waals surface area contributed by atoms with Gasteiger partial charge in [0.05, 0.1) is 0 Å². The minimum atomic E-state index is -0.374. The van der Waals surface area contributed by atoms with Crippen LogP contribution in [0.2, 0.25) is 0 Å². The summed E-state index contributed by atoms with van der Waals surface area (Å²) in [6.07, 6.45) is 2.96. The van der Waals surface area contributed by atoms with Crippen LogP contribution in [-0.2, 0) is 4.79 Å². The second kappa shape index (κ2) is 3.87. The van der Waals surface area contributed by atoms with Gasteiger partial charge in [0.15, 0.2) is 0 Å². The van der Waals surface area contributed by atoms with Crippen LogP contribution in [-0.4, -0.2) is 17.3 Å². The topological polar surface area (TPSA) is 29.1 Å². The molecule has 0 radical (unpaired) electrons. The Hall–Kier alpha value is -0.240. The van der Waals surface area contributed by atoms with Gasteiger partial charge in [0.25, 0.3) is 0 Å². The molecule has 0 aliphatic heterocycles. The third-order valence-electron chi connectivity index (χ3n) is 2.00. The number of carbonyl (C=O) groups is 1. The lowest BCUT2D eigenvalue weighted by Gasteiger charge is -2.21. The molecule has 0 aromatic rings. The molecule has 0 spiro atoms. The molecule has 1 amide bonds. The SMILES string of the molecule is CC(C)(C)CC(Cl)C(=O)NC1CC1. The fraction of sp³-hybridized carbons (Fsp3) is 0.900. The van der Waals surface area contributed by atoms with Crippen LogP contribution in [0.25, 0.3) is 0 Å². The van der Waals surface area contributed by atoms with Crippen LogP contribution in [0.5, 0.6) is 0 Å². The Morgan fingerprint density at radius 3 is 2.46 bits per heavy atom. The molecule has 76 valence electrons. The van der Waals surface area contributed by atoms with Crippen LogP contribution in [0.15, 0.2) is 0 Å². The number of amides is 1. The number of carbonyl (C=O) groups excluding carboxylic acids is 1. The third-order valence-corrected chi connectivity index (χ3v) is 2.35. The standard InChI is InChI=1S/C10H18ClNO/c1-10(2,3)6-8(11)9(13)12-7-4-5-7/h7-8H,4-6H2,1-3H3,(H,12,13). The van der Waals surface area contributed by atoms with Gasteiger partial charge in [-0.2, -0.15) is 0 Å². The van der Waals surface area contributed by atoms with Crippen molar-refractivity contribution in [2.75, 3.05) is 0 Å². The van der Waals surface area contributed by atoms with Gasteiger partial charge in [-0.3, -0.25) is 4.79 Å². The number of hydrogen-bond donors (Lipinski definition) is 1. The highest BCUT2D eigenvalue weighted by Gasteiger charge is 2.28. The quantitative estimate of drug-likeness (QED) is 0.701. The van der Waals surface area contributed by atoms with Gasteiger partial charge in [-0.25, -0.2) is 0 Å². The molecule has 1 aliphatic carbocycles. The van der Waals surface area contributed by atoms with Crippen molar-refractivity contribution in [1.82, 2.24) is 5.32 Å². The Bertz CT molecular complexity index is 194. The van der Waals surface area contributed by atoms with E-state index in [0.29, 0.717) is 6.04 Å². The van der Waals surface area contributed by atoms with Crippen molar-refractivity contribution >= 4 is 17.5 Å². The van der Waals surface area contributed by atoms with Crippen LogP contribution in [0.3, 0.4) is 0 Å². The molecule has 0 aromatic carbocycles. The Morgan fingerprint density at radius 2 is 2.08 bits per heavy atom. The number of halogens is 1. The van der Waals surface area contributed by atoms with Crippen molar-refractivity contribution in [3.63, 3.8) is 0 Å². The molecular weight excluding hydrogens is 186 g/mol. The molecule has 0 aromatic heterocycles. The highest BCUT2D eigenvalue weighted by molar-refractivity contribution is 6.30. The van der Waals surface area contributed by atoms with Gasteiger partial charge < -0.3 is 5.32 Å². The first kappa shape index (κ1) is 10.8. The second-order valence-electron chi connectivity index (χ2n) is 5.02. The fourth-order valence-corrected chi connectivity index (χ4v) is 1.68. The monoisotopic (exact) mass is 203 g/mol. The van der Waals surface area contributed by atoms with Gasteiger partial charge in [0, 0.05) is 6.04 Å². The van der Waals surface area contributed by atoms with Gasteiger partial charge >= 0.3 is 0 Å². The maximum atomic E-state index is 11.4. The zero-order valence-electron chi connectivity index (χ0n) is 8.56. The van der Waals surface area contributed by atoms with Gasteiger partial charge in [0.2, 0.25) is 5.91 Å². The molecule has 1 N–H and O–H groups in total. The summed E-state index contributed by atoms with van der Waals surface area (Å²) in [5.74, 6) is -0.000841. The fourth-order valence-electron chi connectivity index (χ4n) is 1.15. The normalized spacial score (nSPS) is 19.7. The summed E-state index contributed by atoms with van der Waals surface area (Å²) in [5.41, 5.74) is 0.118. The van der Waals surface area contributed by atoms with Crippen LogP contribution in [0.1, 0.15) is 40.0 Å². The molecule has 1 unspecified atom stereocenters. The number of alkyl halides is 1. The van der Waals surface area contributed by atoms with Crippen molar-refractivity contribution in [3.05, 3.63) is 0 Å². The zero-order chi connectivity index (χ0) is 10.1. The van der Waals surface area contributed by atoms with Crippen LogP contribution in [0.4, 0.5) is 0 Å². The van der Waals surface area contributed by atoms with Crippen LogP contribution in [0, 0.1) is 5.41 Å². The Balaban J connectivity index is 2.28. The lowest BCUT2D eigenvalue weighted by molar-refractivity contribution is -0.121. The van der Waals surface area contributed by atoms with E-state index in [1.165, 1.54) is 0 Å². The summed E-state index contributed by atoms with van der Waals surface area (Å²) < 4.78 is 0. The molecule has 1 aliphatic rings. The summed E-state index contributed by atoms with van der Waals surface area (Å²) in [5, 5.41) is 2.53. The van der Waals surface area contributed by atoms with E-state index >= 15 is 0 Å². The number of rotatable bonds is 3. The first-order valence-corrected chi connectivity index (χ1v) is 5.26. The predicted molar refractivity (Wildman–Crippen MR) is 54.9 cm³/mol. The van der Waals surface area contributed by atoms with Crippen LogP contribution < -0.4 is 5.32 Å². The molecule has 0 saturated heterocycles. The van der Waals surface area contributed by atoms with E-state index in [4.69, 9.17) is 11.6 Å². The van der Waals surface area contributed by atoms with Crippen molar-refractivity contribution in [2.24, 2.45) is 5.41 Å². The Morgan fingerprint density at radius 1 is 1.54 bits per heavy atom. The minimum Gasteiger partial charge on any atom is -0.352 e. The van der Waals surface area contributed by atoms with E-state index in [-0.39, 0.29) is 16.7 Å². The predicted octanol–water partition coefficient (Wildman–Crippen LogP) is 2.31. The molecule has 1 rings (SSSR count). The van der Waals surface area contributed by atoms with E-state index < -0.39 is 0 Å². The molecule has 0 heterocycles. The highest BCUT2D eigenvalue weighted by Crippen LogP contribution is 2.25. The molecule has 1 fully saturated rings. The van der Waals surface area contributed by atoms with Gasteiger partial charge in [-0.15, -0.1) is 11.6 Å². The van der Waals surface area contributed by atoms with E-state index in [2.05, 4.69) is 26.1 Å². The van der Waals surface area contributed by atoms with Gasteiger partial charge in [-0.05, 0) is 24.7 Å². The van der Waals surface area contributed by atoms with Gasteiger partial charge in [0.1, 0.15) is 5.38 Å². The molecular formula is C10H18ClNO. The summed E-state index contributed by atoms with van der Waals surface area (Å²) in [6.45, 7) is 6.27. The van der Waals surface area contributed by atoms with Crippen molar-refractivity contribution in [1.29, 1.82) is 0 Å². The van der Waals surface area contributed by atoms with E-state index in [1.807, 2.05) is 0 Å². The Labute approximate surface area is 85.0 Å². The summed E-state index contributed by atoms with van der Waals surface area (Å²) >= 11 is 5.98. The van der Waals surface area contributed by atoms with E-state index in [0.717, 1.165) is 19.3 Å². The lowest BCUT2D eigenvalue weighted by Crippen LogP contribution is -2.35. The number of hydrogen-bond acceptors (Lipinski definition) is 1. The van der Waals surface area contributed by atoms with Crippen molar-refractivity contribution in [3.8, 4) is 0 Å². The molecule has 3 heteroatoms. The molecule has 13 heavy (non-hydrogen) atoms. The molecule has 1 saturated carbocycles.